The summed E-state index contributed by atoms with van der Waals surface area (Å²) in [4.78, 5) is 12.3. The van der Waals surface area contributed by atoms with Crippen LogP contribution < -0.4 is 4.90 Å². The fraction of sp³-hybridized carbons (Fsp3) is 0.500. The molecule has 100 valence electrons. The summed E-state index contributed by atoms with van der Waals surface area (Å²) in [6.07, 6.45) is 2.53. The van der Waals surface area contributed by atoms with E-state index in [0.717, 1.165) is 19.3 Å². The van der Waals surface area contributed by atoms with Crippen molar-refractivity contribution in [1.82, 2.24) is 0 Å². The van der Waals surface area contributed by atoms with Crippen molar-refractivity contribution in [3.63, 3.8) is 0 Å². The summed E-state index contributed by atoms with van der Waals surface area (Å²) in [5.41, 5.74) is 0.473. The Morgan fingerprint density at radius 1 is 1.39 bits per heavy atom. The maximum absolute atomic E-state index is 11.0. The summed E-state index contributed by atoms with van der Waals surface area (Å²) in [7, 11) is 1.80. The lowest BCUT2D eigenvalue weighted by Crippen LogP contribution is -2.19. The van der Waals surface area contributed by atoms with Crippen molar-refractivity contribution in [2.75, 3.05) is 25.1 Å². The van der Waals surface area contributed by atoms with Gasteiger partial charge in [-0.1, -0.05) is 17.7 Å². The van der Waals surface area contributed by atoms with E-state index in [1.54, 1.807) is 19.2 Å². The number of para-hydroxylation sites is 1. The summed E-state index contributed by atoms with van der Waals surface area (Å²) in [6.45, 7) is 0.877. The van der Waals surface area contributed by atoms with Crippen LogP contribution in [0.3, 0.4) is 0 Å². The third-order valence-corrected chi connectivity index (χ3v) is 3.02. The van der Waals surface area contributed by atoms with Gasteiger partial charge in [-0.3, -0.25) is 10.1 Å². The van der Waals surface area contributed by atoms with Crippen molar-refractivity contribution in [2.24, 2.45) is 0 Å². The number of aliphatic hydroxyl groups excluding tert-OH is 1. The second-order valence-corrected chi connectivity index (χ2v) is 4.48. The second-order valence-electron chi connectivity index (χ2n) is 4.07. The van der Waals surface area contributed by atoms with E-state index in [2.05, 4.69) is 0 Å². The highest BCUT2D eigenvalue weighted by Gasteiger charge is 2.20. The Bertz CT molecular complexity index is 412. The van der Waals surface area contributed by atoms with E-state index in [9.17, 15) is 10.1 Å². The monoisotopic (exact) mass is 272 g/mol. The van der Waals surface area contributed by atoms with Crippen molar-refractivity contribution < 1.29 is 10.0 Å². The van der Waals surface area contributed by atoms with Crippen LogP contribution in [0.1, 0.15) is 19.3 Å². The number of rotatable bonds is 7. The van der Waals surface area contributed by atoms with E-state index in [4.69, 9.17) is 16.7 Å². The third kappa shape index (κ3) is 3.85. The molecule has 0 radical (unpaired) electrons. The Hall–Kier alpha value is -1.33. The molecule has 5 nitrogen and oxygen atoms in total. The van der Waals surface area contributed by atoms with E-state index in [-0.39, 0.29) is 17.3 Å². The first-order valence-corrected chi connectivity index (χ1v) is 6.20. The van der Waals surface area contributed by atoms with Crippen molar-refractivity contribution >= 4 is 23.0 Å². The quantitative estimate of drug-likeness (QED) is 0.471. The number of halogens is 1. The molecular formula is C12H17ClN2O3. The van der Waals surface area contributed by atoms with Crippen LogP contribution in [0, 0.1) is 10.1 Å². The van der Waals surface area contributed by atoms with Gasteiger partial charge in [-0.25, -0.2) is 0 Å². The minimum Gasteiger partial charge on any atom is -0.396 e. The van der Waals surface area contributed by atoms with E-state index >= 15 is 0 Å². The number of unbranched alkanes of at least 4 members (excludes halogenated alkanes) is 2. The molecule has 0 saturated heterocycles. The molecule has 6 heteroatoms. The molecule has 1 rings (SSSR count). The van der Waals surface area contributed by atoms with Gasteiger partial charge in [-0.05, 0) is 31.4 Å². The molecule has 1 N–H and O–H groups in total. The first kappa shape index (κ1) is 14.7. The van der Waals surface area contributed by atoms with Gasteiger partial charge in [-0.2, -0.15) is 0 Å². The molecule has 0 heterocycles. The molecule has 0 fully saturated rings. The number of nitro groups is 1. The van der Waals surface area contributed by atoms with Gasteiger partial charge in [0.2, 0.25) is 0 Å². The predicted octanol–water partition coefficient (Wildman–Crippen LogP) is 2.85. The largest absolute Gasteiger partial charge is 0.396 e. The molecule has 0 spiro atoms. The standard InChI is InChI=1S/C12H17ClN2O3/c1-14(8-3-2-4-9-16)11-7-5-6-10(13)12(11)15(17)18/h5-7,16H,2-4,8-9H2,1H3. The zero-order chi connectivity index (χ0) is 13.5. The molecule has 0 bridgehead atoms. The highest BCUT2D eigenvalue weighted by atomic mass is 35.5. The normalized spacial score (nSPS) is 10.4. The number of nitro benzene ring substituents is 1. The lowest BCUT2D eigenvalue weighted by Gasteiger charge is -2.19. The Kier molecular flexibility index (Phi) is 5.88. The van der Waals surface area contributed by atoms with Crippen molar-refractivity contribution in [1.29, 1.82) is 0 Å². The number of benzene rings is 1. The third-order valence-electron chi connectivity index (χ3n) is 2.71. The van der Waals surface area contributed by atoms with E-state index < -0.39 is 4.92 Å². The van der Waals surface area contributed by atoms with Gasteiger partial charge in [0, 0.05) is 20.2 Å². The molecule has 0 aliphatic rings. The first-order valence-electron chi connectivity index (χ1n) is 5.83. The lowest BCUT2D eigenvalue weighted by atomic mass is 10.2. The molecule has 0 aromatic heterocycles. The summed E-state index contributed by atoms with van der Waals surface area (Å²) in [5, 5.41) is 19.8. The summed E-state index contributed by atoms with van der Waals surface area (Å²) < 4.78 is 0. The Labute approximate surface area is 111 Å². The van der Waals surface area contributed by atoms with Crippen LogP contribution in [0.25, 0.3) is 0 Å². The molecule has 0 atom stereocenters. The highest BCUT2D eigenvalue weighted by molar-refractivity contribution is 6.33. The van der Waals surface area contributed by atoms with Crippen LogP contribution in [0.4, 0.5) is 11.4 Å². The summed E-state index contributed by atoms with van der Waals surface area (Å²) in [6, 6.07) is 4.91. The first-order chi connectivity index (χ1) is 8.57. The predicted molar refractivity (Wildman–Crippen MR) is 72.3 cm³/mol. The molecule has 0 aliphatic carbocycles. The molecule has 1 aromatic rings. The summed E-state index contributed by atoms with van der Waals surface area (Å²) >= 11 is 5.85. The SMILES string of the molecule is CN(CCCCCO)c1cccc(Cl)c1[N+](=O)[O-]. The topological polar surface area (TPSA) is 66.6 Å². The van der Waals surface area contributed by atoms with E-state index in [1.807, 2.05) is 4.90 Å². The number of anilines is 1. The molecular weight excluding hydrogens is 256 g/mol. The fourth-order valence-corrected chi connectivity index (χ4v) is 1.99. The molecule has 18 heavy (non-hydrogen) atoms. The van der Waals surface area contributed by atoms with Crippen molar-refractivity contribution in [3.8, 4) is 0 Å². The second kappa shape index (κ2) is 7.18. The minimum absolute atomic E-state index is 0.0520. The van der Waals surface area contributed by atoms with E-state index in [1.165, 1.54) is 6.07 Å². The van der Waals surface area contributed by atoms with Crippen LogP contribution in [0.2, 0.25) is 5.02 Å². The lowest BCUT2D eigenvalue weighted by molar-refractivity contribution is -0.384. The maximum atomic E-state index is 11.0. The van der Waals surface area contributed by atoms with Crippen LogP contribution >= 0.6 is 11.6 Å². The van der Waals surface area contributed by atoms with Crippen LogP contribution in [0.5, 0.6) is 0 Å². The molecule has 0 unspecified atom stereocenters. The fourth-order valence-electron chi connectivity index (χ4n) is 1.75. The average molecular weight is 273 g/mol. The maximum Gasteiger partial charge on any atom is 0.310 e. The average Bonchev–Trinajstić information content (AvgIpc) is 2.33. The Balaban J connectivity index is 2.76. The van der Waals surface area contributed by atoms with Gasteiger partial charge < -0.3 is 10.0 Å². The number of aliphatic hydroxyl groups is 1. The van der Waals surface area contributed by atoms with Crippen LogP contribution in [0.15, 0.2) is 18.2 Å². The number of nitrogens with zero attached hydrogens (tertiary/aromatic N) is 2. The molecule has 0 saturated carbocycles. The van der Waals surface area contributed by atoms with Gasteiger partial charge in [0.25, 0.3) is 0 Å². The van der Waals surface area contributed by atoms with Gasteiger partial charge in [0.15, 0.2) is 0 Å². The van der Waals surface area contributed by atoms with Gasteiger partial charge >= 0.3 is 5.69 Å². The van der Waals surface area contributed by atoms with Crippen LogP contribution in [-0.4, -0.2) is 30.2 Å². The van der Waals surface area contributed by atoms with Gasteiger partial charge in [0.05, 0.1) is 4.92 Å². The summed E-state index contributed by atoms with van der Waals surface area (Å²) in [5.74, 6) is 0. The zero-order valence-electron chi connectivity index (χ0n) is 10.3. The zero-order valence-corrected chi connectivity index (χ0v) is 11.1. The molecule has 0 amide bonds. The van der Waals surface area contributed by atoms with Crippen molar-refractivity contribution in [2.45, 2.75) is 19.3 Å². The van der Waals surface area contributed by atoms with Gasteiger partial charge in [-0.15, -0.1) is 0 Å². The highest BCUT2D eigenvalue weighted by Crippen LogP contribution is 2.34. The molecule has 0 aliphatic heterocycles. The Morgan fingerprint density at radius 3 is 2.72 bits per heavy atom. The van der Waals surface area contributed by atoms with Gasteiger partial charge in [0.1, 0.15) is 10.7 Å². The molecule has 1 aromatic carbocycles. The van der Waals surface area contributed by atoms with Crippen molar-refractivity contribution in [3.05, 3.63) is 33.3 Å². The Morgan fingerprint density at radius 2 is 2.11 bits per heavy atom. The number of hydrogen-bond donors (Lipinski definition) is 1. The minimum atomic E-state index is -0.456. The smallest absolute Gasteiger partial charge is 0.310 e. The number of hydrogen-bond acceptors (Lipinski definition) is 4. The van der Waals surface area contributed by atoms with Crippen LogP contribution in [-0.2, 0) is 0 Å². The van der Waals surface area contributed by atoms with E-state index in [0.29, 0.717) is 12.2 Å².